The van der Waals surface area contributed by atoms with Crippen LogP contribution in [0.5, 0.6) is 0 Å². The maximum Gasteiger partial charge on any atom is 0.407 e. The zero-order chi connectivity index (χ0) is 26.1. The van der Waals surface area contributed by atoms with Gasteiger partial charge in [0, 0.05) is 35.7 Å². The third kappa shape index (κ3) is 7.85. The number of aliphatic hydroxyl groups excluding tert-OH is 1. The second kappa shape index (κ2) is 12.6. The minimum atomic E-state index is -1.52. The molecule has 0 radical (unpaired) electrons. The van der Waals surface area contributed by atoms with Gasteiger partial charge in [0.15, 0.2) is 11.2 Å². The zero-order valence-corrected chi connectivity index (χ0v) is 21.9. The first-order valence-corrected chi connectivity index (χ1v) is 12.8. The van der Waals surface area contributed by atoms with Gasteiger partial charge >= 0.3 is 6.09 Å². The van der Waals surface area contributed by atoms with Crippen molar-refractivity contribution in [3.63, 3.8) is 0 Å². The van der Waals surface area contributed by atoms with Crippen molar-refractivity contribution in [1.29, 1.82) is 0 Å². The van der Waals surface area contributed by atoms with E-state index >= 15 is 0 Å². The molecule has 0 aliphatic rings. The molecular formula is C25H34N6O4S. The van der Waals surface area contributed by atoms with Crippen molar-refractivity contribution in [3.8, 4) is 11.3 Å². The van der Waals surface area contributed by atoms with E-state index < -0.39 is 24.2 Å². The van der Waals surface area contributed by atoms with Gasteiger partial charge in [0.1, 0.15) is 6.10 Å². The summed E-state index contributed by atoms with van der Waals surface area (Å²) in [5.74, 6) is -0.661. The normalized spacial score (nSPS) is 14.0. The molecule has 36 heavy (non-hydrogen) atoms. The fraction of sp³-hybridized carbons (Fsp3) is 0.480. The molecule has 3 atom stereocenters. The van der Waals surface area contributed by atoms with Crippen molar-refractivity contribution in [2.75, 3.05) is 5.32 Å². The van der Waals surface area contributed by atoms with Crippen LogP contribution in [0.15, 0.2) is 48.4 Å². The summed E-state index contributed by atoms with van der Waals surface area (Å²) in [7, 11) is 0. The van der Waals surface area contributed by atoms with Crippen LogP contribution in [-0.2, 0) is 16.1 Å². The quantitative estimate of drug-likeness (QED) is 0.351. The summed E-state index contributed by atoms with van der Waals surface area (Å²) in [6, 6.07) is 5.35. The van der Waals surface area contributed by atoms with Crippen molar-refractivity contribution >= 4 is 28.5 Å². The van der Waals surface area contributed by atoms with Gasteiger partial charge in [-0.05, 0) is 36.5 Å². The van der Waals surface area contributed by atoms with E-state index in [4.69, 9.17) is 4.74 Å². The van der Waals surface area contributed by atoms with Crippen LogP contribution < -0.4 is 10.6 Å². The number of carbonyl (C=O) groups is 2. The number of alkyl carbamates (subject to hydrolysis) is 1. The van der Waals surface area contributed by atoms with Gasteiger partial charge in [-0.2, -0.15) is 5.10 Å². The number of hydrogen-bond donors (Lipinski definition) is 3. The molecule has 0 saturated carbocycles. The van der Waals surface area contributed by atoms with Gasteiger partial charge in [0.2, 0.25) is 0 Å². The molecule has 0 saturated heterocycles. The minimum Gasteiger partial charge on any atom is -0.443 e. The highest BCUT2D eigenvalue weighted by Gasteiger charge is 2.32. The summed E-state index contributed by atoms with van der Waals surface area (Å²) in [4.78, 5) is 33.5. The molecule has 0 fully saturated rings. The van der Waals surface area contributed by atoms with Gasteiger partial charge in [0.05, 0.1) is 18.3 Å². The molecule has 0 bridgehead atoms. The Morgan fingerprint density at radius 3 is 2.69 bits per heavy atom. The summed E-state index contributed by atoms with van der Waals surface area (Å²) >= 11 is 1.24. The number of aromatic nitrogens is 4. The average molecular weight is 515 g/mol. The number of hydrogen-bond acceptors (Lipinski definition) is 8. The Labute approximate surface area is 215 Å². The molecule has 2 amide bonds. The van der Waals surface area contributed by atoms with Crippen molar-refractivity contribution in [3.05, 3.63) is 48.4 Å². The van der Waals surface area contributed by atoms with Gasteiger partial charge < -0.3 is 15.2 Å². The van der Waals surface area contributed by atoms with Crippen LogP contribution in [0, 0.1) is 5.41 Å². The van der Waals surface area contributed by atoms with Crippen LogP contribution in [0.3, 0.4) is 0 Å². The molecule has 0 unspecified atom stereocenters. The number of pyridine rings is 1. The topological polar surface area (TPSA) is 131 Å². The van der Waals surface area contributed by atoms with E-state index in [1.54, 1.807) is 28.7 Å². The lowest BCUT2D eigenvalue weighted by Crippen LogP contribution is -2.49. The Kier molecular flexibility index (Phi) is 9.54. The molecule has 10 nitrogen and oxygen atoms in total. The lowest BCUT2D eigenvalue weighted by molar-refractivity contribution is -0.130. The minimum absolute atomic E-state index is 0.320. The third-order valence-corrected chi connectivity index (χ3v) is 6.38. The number of carbonyl (C=O) groups excluding carboxylic acids is 2. The Morgan fingerprint density at radius 1 is 1.25 bits per heavy atom. The first-order chi connectivity index (χ1) is 17.2. The fourth-order valence-corrected chi connectivity index (χ4v) is 4.02. The molecule has 194 valence electrons. The van der Waals surface area contributed by atoms with Gasteiger partial charge in [-0.15, -0.1) is 11.3 Å². The van der Waals surface area contributed by atoms with Crippen LogP contribution in [0.25, 0.3) is 11.3 Å². The van der Waals surface area contributed by atoms with Gasteiger partial charge in [-0.3, -0.25) is 19.8 Å². The number of aliphatic hydroxyl groups is 1. The predicted molar refractivity (Wildman–Crippen MR) is 138 cm³/mol. The van der Waals surface area contributed by atoms with Crippen molar-refractivity contribution in [1.82, 2.24) is 25.1 Å². The smallest absolute Gasteiger partial charge is 0.407 e. The Balaban J connectivity index is 1.66. The monoisotopic (exact) mass is 514 g/mol. The Morgan fingerprint density at radius 2 is 2.06 bits per heavy atom. The first-order valence-electron chi connectivity index (χ1n) is 12.0. The second-order valence-electron chi connectivity index (χ2n) is 9.59. The summed E-state index contributed by atoms with van der Waals surface area (Å²) in [5, 5.41) is 22.8. The van der Waals surface area contributed by atoms with E-state index in [1.807, 2.05) is 52.1 Å². The third-order valence-electron chi connectivity index (χ3n) is 5.69. The number of ether oxygens (including phenoxy) is 1. The number of rotatable bonds is 11. The van der Waals surface area contributed by atoms with Crippen LogP contribution in [0.1, 0.15) is 47.0 Å². The number of unbranched alkanes of at least 4 members (excludes halogenated alkanes) is 1. The molecule has 3 heterocycles. The van der Waals surface area contributed by atoms with Gasteiger partial charge in [-0.25, -0.2) is 9.78 Å². The van der Waals surface area contributed by atoms with E-state index in [1.165, 1.54) is 11.3 Å². The highest BCUT2D eigenvalue weighted by molar-refractivity contribution is 7.13. The molecule has 3 N–H and O–H groups in total. The van der Waals surface area contributed by atoms with Crippen molar-refractivity contribution in [2.45, 2.75) is 71.8 Å². The highest BCUT2D eigenvalue weighted by Crippen LogP contribution is 2.23. The molecule has 3 aromatic heterocycles. The van der Waals surface area contributed by atoms with Crippen molar-refractivity contribution < 1.29 is 19.4 Å². The Bertz CT molecular complexity index is 1100. The lowest BCUT2D eigenvalue weighted by Gasteiger charge is -2.32. The maximum absolute atomic E-state index is 12.9. The number of anilines is 1. The average Bonchev–Trinajstić information content (AvgIpc) is 3.53. The molecular weight excluding hydrogens is 480 g/mol. The predicted octanol–water partition coefficient (Wildman–Crippen LogP) is 4.10. The number of nitrogens with one attached hydrogen (secondary N) is 2. The van der Waals surface area contributed by atoms with Crippen molar-refractivity contribution in [2.24, 2.45) is 5.41 Å². The largest absolute Gasteiger partial charge is 0.443 e. The van der Waals surface area contributed by atoms with Crippen LogP contribution >= 0.6 is 11.3 Å². The van der Waals surface area contributed by atoms with Crippen LogP contribution in [-0.4, -0.2) is 55.1 Å². The van der Waals surface area contributed by atoms with E-state index in [0.29, 0.717) is 24.5 Å². The first kappa shape index (κ1) is 27.3. The number of thiazole rings is 1. The van der Waals surface area contributed by atoms with Crippen LogP contribution in [0.4, 0.5) is 9.93 Å². The van der Waals surface area contributed by atoms with E-state index in [9.17, 15) is 14.7 Å². The van der Waals surface area contributed by atoms with Gasteiger partial charge in [0.25, 0.3) is 5.91 Å². The second-order valence-corrected chi connectivity index (χ2v) is 10.5. The number of amides is 2. The standard InChI is InChI=1S/C25H34N6O4S/c1-5-6-9-19(21(32)22(33)29-23-27-12-14-36-23)35-24(34)28-20(25(2,3)4)16-31-13-10-18(30-31)17-8-7-11-26-15-17/h7-8,10-15,19-21,32H,5-6,9,16H2,1-4H3,(H,28,34)(H,27,29,33)/t19-,20+,21+/m0/s1. The molecule has 3 aromatic rings. The maximum atomic E-state index is 12.9. The van der Waals surface area contributed by atoms with Crippen LogP contribution in [0.2, 0.25) is 0 Å². The van der Waals surface area contributed by atoms with Gasteiger partial charge in [-0.1, -0.05) is 34.1 Å². The summed E-state index contributed by atoms with van der Waals surface area (Å²) in [5.41, 5.74) is 1.37. The molecule has 3 rings (SSSR count). The fourth-order valence-electron chi connectivity index (χ4n) is 3.49. The summed E-state index contributed by atoms with van der Waals surface area (Å²) in [6.07, 6.45) is 5.51. The molecule has 0 aromatic carbocycles. The summed E-state index contributed by atoms with van der Waals surface area (Å²) in [6.45, 7) is 8.42. The molecule has 11 heteroatoms. The molecule has 0 spiro atoms. The lowest BCUT2D eigenvalue weighted by atomic mass is 9.87. The zero-order valence-electron chi connectivity index (χ0n) is 21.0. The van der Waals surface area contributed by atoms with E-state index in [0.717, 1.165) is 17.7 Å². The SMILES string of the molecule is CCCC[C@H](OC(=O)N[C@H](Cn1ccc(-c2cccnc2)n1)C(C)(C)C)[C@@H](O)C(=O)Nc1nccs1. The Hall–Kier alpha value is -3.31. The number of nitrogens with zero attached hydrogens (tertiary/aromatic N) is 4. The molecule has 0 aliphatic carbocycles. The highest BCUT2D eigenvalue weighted by atomic mass is 32.1. The molecule has 0 aliphatic heterocycles. The van der Waals surface area contributed by atoms with E-state index in [2.05, 4.69) is 25.7 Å². The summed E-state index contributed by atoms with van der Waals surface area (Å²) < 4.78 is 7.34. The van der Waals surface area contributed by atoms with E-state index in [-0.39, 0.29) is 11.5 Å².